The first kappa shape index (κ1) is 33.4. The van der Waals surface area contributed by atoms with Gasteiger partial charge in [-0.2, -0.15) is 0 Å². The Morgan fingerprint density at radius 1 is 0.976 bits per heavy atom. The van der Waals surface area contributed by atoms with E-state index >= 15 is 0 Å². The molecule has 0 radical (unpaired) electrons. The van der Waals surface area contributed by atoms with E-state index in [2.05, 4.69) is 0 Å². The van der Waals surface area contributed by atoms with Gasteiger partial charge in [0.05, 0.1) is 6.10 Å². The number of rotatable bonds is 13. The van der Waals surface area contributed by atoms with Gasteiger partial charge in [0.1, 0.15) is 11.6 Å². The lowest BCUT2D eigenvalue weighted by atomic mass is 9.79. The maximum atomic E-state index is 14.1. The molecule has 8 heteroatoms. The molecule has 3 atom stereocenters. The molecule has 6 nitrogen and oxygen atoms in total. The number of nitrogens with zero attached hydrogens (tertiary/aromatic N) is 2. The van der Waals surface area contributed by atoms with Crippen LogP contribution in [-0.2, 0) is 11.2 Å². The molecule has 1 fully saturated rings. The second-order valence-corrected chi connectivity index (χ2v) is 12.1. The normalized spacial score (nSPS) is 16.8. The third-order valence-electron chi connectivity index (χ3n) is 8.02. The molecule has 2 aromatic carbocycles. The number of carbonyl (C=O) groups excluding carboxylic acids is 3. The highest BCUT2D eigenvalue weighted by Crippen LogP contribution is 2.30. The zero-order valence-corrected chi connectivity index (χ0v) is 25.7. The van der Waals surface area contributed by atoms with Crippen molar-refractivity contribution in [2.75, 3.05) is 26.2 Å². The lowest BCUT2D eigenvalue weighted by molar-refractivity contribution is -0.137. The number of aryl methyl sites for hydroxylation is 1. The van der Waals surface area contributed by atoms with Gasteiger partial charge in [-0.05, 0) is 86.4 Å². The van der Waals surface area contributed by atoms with Crippen LogP contribution >= 0.6 is 0 Å². The van der Waals surface area contributed by atoms with E-state index in [1.165, 1.54) is 12.1 Å². The molecule has 1 aliphatic rings. The van der Waals surface area contributed by atoms with Crippen molar-refractivity contribution in [1.29, 1.82) is 0 Å². The summed E-state index contributed by atoms with van der Waals surface area (Å²) in [7, 11) is 0. The van der Waals surface area contributed by atoms with Crippen LogP contribution in [0.5, 0.6) is 0 Å². The van der Waals surface area contributed by atoms with Crippen molar-refractivity contribution in [2.45, 2.75) is 79.2 Å². The molecule has 230 valence electrons. The van der Waals surface area contributed by atoms with Crippen LogP contribution in [0.4, 0.5) is 8.78 Å². The van der Waals surface area contributed by atoms with Crippen molar-refractivity contribution < 1.29 is 28.3 Å². The van der Waals surface area contributed by atoms with Crippen LogP contribution in [-0.4, -0.2) is 64.8 Å². The van der Waals surface area contributed by atoms with Crippen molar-refractivity contribution in [3.05, 3.63) is 70.3 Å². The maximum absolute atomic E-state index is 14.1. The molecule has 0 spiro atoms. The average molecular weight is 585 g/mol. The number of halogens is 2. The van der Waals surface area contributed by atoms with Crippen LogP contribution in [0, 0.1) is 36.3 Å². The topological polar surface area (TPSA) is 77.9 Å². The van der Waals surface area contributed by atoms with Gasteiger partial charge in [-0.1, -0.05) is 27.7 Å². The lowest BCUT2D eigenvalue weighted by Gasteiger charge is -2.38. The summed E-state index contributed by atoms with van der Waals surface area (Å²) in [4.78, 5) is 43.3. The largest absolute Gasteiger partial charge is 0.392 e. The van der Waals surface area contributed by atoms with Crippen LogP contribution in [0.15, 0.2) is 36.4 Å². The predicted molar refractivity (Wildman–Crippen MR) is 160 cm³/mol. The first-order chi connectivity index (χ1) is 19.9. The molecule has 3 rings (SSSR count). The Bertz CT molecular complexity index is 1220. The molecule has 42 heavy (non-hydrogen) atoms. The van der Waals surface area contributed by atoms with Gasteiger partial charge >= 0.3 is 0 Å². The summed E-state index contributed by atoms with van der Waals surface area (Å²) in [5, 5.41) is 11.6. The fraction of sp³-hybridized carbons (Fsp3) is 0.559. The molecule has 0 saturated carbocycles. The summed E-state index contributed by atoms with van der Waals surface area (Å²) in [5.74, 6) is -2.89. The smallest absolute Gasteiger partial charge is 0.253 e. The van der Waals surface area contributed by atoms with Crippen LogP contribution < -0.4 is 0 Å². The summed E-state index contributed by atoms with van der Waals surface area (Å²) in [6, 6.07) is 8.37. The van der Waals surface area contributed by atoms with Gasteiger partial charge in [-0.15, -0.1) is 0 Å². The number of aliphatic hydroxyl groups is 1. The van der Waals surface area contributed by atoms with Gasteiger partial charge in [-0.25, -0.2) is 8.78 Å². The summed E-state index contributed by atoms with van der Waals surface area (Å²) in [5.41, 5.74) is 1.94. The van der Waals surface area contributed by atoms with Gasteiger partial charge in [0, 0.05) is 61.6 Å². The minimum atomic E-state index is -0.974. The van der Waals surface area contributed by atoms with E-state index in [1.807, 2.05) is 34.6 Å². The molecule has 1 heterocycles. The van der Waals surface area contributed by atoms with Crippen LogP contribution in [0.1, 0.15) is 91.6 Å². The van der Waals surface area contributed by atoms with Crippen LogP contribution in [0.25, 0.3) is 0 Å². The lowest BCUT2D eigenvalue weighted by Crippen LogP contribution is -2.47. The van der Waals surface area contributed by atoms with Gasteiger partial charge in [-0.3, -0.25) is 14.4 Å². The Balaban J connectivity index is 1.90. The van der Waals surface area contributed by atoms with Crippen molar-refractivity contribution >= 4 is 17.6 Å². The standard InChI is InChI=1S/C34H46F2N2O4/c1-6-10-37(11-7-2)34(42)28-14-23(5)13-26(18-28)31(39)19-27(15-24-16-29(35)20-30(36)17-24)32(40)25-9-8-12-38(21-25)33(41)22(3)4/h13-14,16-18,20,22,25,27,32,40H,6-12,15,19,21H2,1-5H3/t25?,27?,32-/m1/s1. The zero-order chi connectivity index (χ0) is 31.0. The predicted octanol–water partition coefficient (Wildman–Crippen LogP) is 6.22. The maximum Gasteiger partial charge on any atom is 0.253 e. The molecule has 2 amide bonds. The number of hydrogen-bond donors (Lipinski definition) is 1. The van der Waals surface area contributed by atoms with Crippen LogP contribution in [0.2, 0.25) is 0 Å². The molecule has 0 aromatic heterocycles. The molecular formula is C34H46F2N2O4. The van der Waals surface area contributed by atoms with E-state index in [-0.39, 0.29) is 42.3 Å². The number of Topliss-reactive ketones (excluding diaryl/α,β-unsaturated/α-hetero) is 1. The number of hydrogen-bond acceptors (Lipinski definition) is 4. The highest BCUT2D eigenvalue weighted by molar-refractivity contribution is 6.01. The fourth-order valence-corrected chi connectivity index (χ4v) is 6.05. The van der Waals surface area contributed by atoms with Crippen molar-refractivity contribution in [1.82, 2.24) is 9.80 Å². The second kappa shape index (κ2) is 15.4. The first-order valence-corrected chi connectivity index (χ1v) is 15.3. The van der Waals surface area contributed by atoms with Gasteiger partial charge in [0.15, 0.2) is 5.78 Å². The molecule has 1 N–H and O–H groups in total. The number of ketones is 1. The van der Waals surface area contributed by atoms with Crippen molar-refractivity contribution in [3.8, 4) is 0 Å². The number of aliphatic hydroxyl groups excluding tert-OH is 1. The van der Waals surface area contributed by atoms with E-state index in [1.54, 1.807) is 28.0 Å². The minimum absolute atomic E-state index is 0.0175. The average Bonchev–Trinajstić information content (AvgIpc) is 2.94. The number of piperidine rings is 1. The number of carbonyl (C=O) groups is 3. The Labute approximate surface area is 249 Å². The highest BCUT2D eigenvalue weighted by atomic mass is 19.1. The Kier molecular flexibility index (Phi) is 12.2. The zero-order valence-electron chi connectivity index (χ0n) is 25.7. The Hall–Kier alpha value is -3.13. The molecule has 2 aromatic rings. The van der Waals surface area contributed by atoms with Crippen molar-refractivity contribution in [3.63, 3.8) is 0 Å². The Morgan fingerprint density at radius 3 is 2.19 bits per heavy atom. The summed E-state index contributed by atoms with van der Waals surface area (Å²) in [6.07, 6.45) is 2.10. The molecule has 0 bridgehead atoms. The summed E-state index contributed by atoms with van der Waals surface area (Å²) >= 11 is 0. The van der Waals surface area contributed by atoms with E-state index in [4.69, 9.17) is 0 Å². The molecule has 2 unspecified atom stereocenters. The third-order valence-corrected chi connectivity index (χ3v) is 8.02. The fourth-order valence-electron chi connectivity index (χ4n) is 6.05. The van der Waals surface area contributed by atoms with Gasteiger partial charge in [0.2, 0.25) is 5.91 Å². The minimum Gasteiger partial charge on any atom is -0.392 e. The first-order valence-electron chi connectivity index (χ1n) is 15.3. The number of benzene rings is 2. The van der Waals surface area contributed by atoms with Gasteiger partial charge in [0.25, 0.3) is 5.91 Å². The van der Waals surface area contributed by atoms with Gasteiger partial charge < -0.3 is 14.9 Å². The molecule has 0 aliphatic carbocycles. The third kappa shape index (κ3) is 8.93. The van der Waals surface area contributed by atoms with E-state index < -0.39 is 23.7 Å². The van der Waals surface area contributed by atoms with E-state index in [0.717, 1.165) is 30.9 Å². The molecule has 1 aliphatic heterocycles. The molecular weight excluding hydrogens is 538 g/mol. The number of likely N-dealkylation sites (tertiary alicyclic amines) is 1. The summed E-state index contributed by atoms with van der Waals surface area (Å²) < 4.78 is 28.1. The van der Waals surface area contributed by atoms with Crippen molar-refractivity contribution in [2.24, 2.45) is 17.8 Å². The quantitative estimate of drug-likeness (QED) is 0.284. The van der Waals surface area contributed by atoms with E-state index in [9.17, 15) is 28.3 Å². The number of amides is 2. The Morgan fingerprint density at radius 2 is 1.60 bits per heavy atom. The van der Waals surface area contributed by atoms with Crippen LogP contribution in [0.3, 0.4) is 0 Å². The summed E-state index contributed by atoms with van der Waals surface area (Å²) in [6.45, 7) is 11.8. The second-order valence-electron chi connectivity index (χ2n) is 12.1. The highest BCUT2D eigenvalue weighted by Gasteiger charge is 2.35. The SMILES string of the molecule is CCCN(CCC)C(=O)c1cc(C)cc(C(=O)CC(Cc2cc(F)cc(F)c2)[C@H](O)C2CCCN(C(=O)C(C)C)C2)c1. The monoisotopic (exact) mass is 584 g/mol. The molecule has 1 saturated heterocycles. The van der Waals surface area contributed by atoms with E-state index in [0.29, 0.717) is 49.3 Å².